The number of anilines is 1. The molecular formula is C20H24N2O6. The van der Waals surface area contributed by atoms with Crippen molar-refractivity contribution < 1.29 is 28.6 Å². The Morgan fingerprint density at radius 1 is 1.32 bits per heavy atom. The van der Waals surface area contributed by atoms with Crippen LogP contribution in [-0.2, 0) is 9.59 Å². The summed E-state index contributed by atoms with van der Waals surface area (Å²) in [5.41, 5.74) is 0.382. The minimum Gasteiger partial charge on any atom is -0.497 e. The number of rotatable bonds is 6. The molecule has 0 saturated carbocycles. The Balaban J connectivity index is 1.66. The molecule has 1 aliphatic heterocycles. The molecule has 3 rings (SSSR count). The van der Waals surface area contributed by atoms with Crippen molar-refractivity contribution in [3.8, 4) is 11.5 Å². The van der Waals surface area contributed by atoms with E-state index in [1.165, 1.54) is 25.4 Å². The second-order valence-electron chi connectivity index (χ2n) is 6.58. The molecule has 0 aliphatic carbocycles. The number of hydrogen-bond donors (Lipinski definition) is 2. The van der Waals surface area contributed by atoms with Crippen molar-refractivity contribution in [3.05, 3.63) is 42.4 Å². The van der Waals surface area contributed by atoms with Crippen LogP contribution in [0, 0.1) is 0 Å². The second kappa shape index (κ2) is 8.79. The molecular weight excluding hydrogens is 364 g/mol. The summed E-state index contributed by atoms with van der Waals surface area (Å²) in [7, 11) is 3.00. The highest BCUT2D eigenvalue weighted by molar-refractivity contribution is 6.39. The van der Waals surface area contributed by atoms with E-state index >= 15 is 0 Å². The van der Waals surface area contributed by atoms with Gasteiger partial charge in [0.1, 0.15) is 23.4 Å². The predicted octanol–water partition coefficient (Wildman–Crippen LogP) is 2.35. The van der Waals surface area contributed by atoms with E-state index < -0.39 is 17.9 Å². The first-order chi connectivity index (χ1) is 13.5. The molecule has 2 atom stereocenters. The molecule has 0 spiro atoms. The number of carbonyl (C=O) groups excluding carboxylic acids is 2. The minimum atomic E-state index is -0.821. The third-order valence-corrected chi connectivity index (χ3v) is 4.86. The number of aliphatic hydroxyl groups excluding tert-OH is 1. The summed E-state index contributed by atoms with van der Waals surface area (Å²) in [6.45, 7) is 0.474. The van der Waals surface area contributed by atoms with Crippen LogP contribution in [0.25, 0.3) is 0 Å². The highest BCUT2D eigenvalue weighted by Crippen LogP contribution is 2.30. The van der Waals surface area contributed by atoms with Gasteiger partial charge in [-0.3, -0.25) is 9.59 Å². The van der Waals surface area contributed by atoms with Crippen molar-refractivity contribution in [1.29, 1.82) is 0 Å². The number of nitrogens with zero attached hydrogens (tertiary/aromatic N) is 1. The molecule has 28 heavy (non-hydrogen) atoms. The SMILES string of the molecule is COc1ccc(NC(=O)C(=O)N2CCC[C@H]2C[C@@H](O)c2ccco2)c(OC)c1. The average Bonchev–Trinajstić information content (AvgIpc) is 3.39. The summed E-state index contributed by atoms with van der Waals surface area (Å²) in [4.78, 5) is 26.7. The molecule has 2 amide bonds. The van der Waals surface area contributed by atoms with Gasteiger partial charge in [0, 0.05) is 25.1 Å². The minimum absolute atomic E-state index is 0.226. The van der Waals surface area contributed by atoms with Gasteiger partial charge in [-0.15, -0.1) is 0 Å². The van der Waals surface area contributed by atoms with Gasteiger partial charge < -0.3 is 29.2 Å². The first kappa shape index (κ1) is 19.8. The van der Waals surface area contributed by atoms with Gasteiger partial charge in [-0.1, -0.05) is 0 Å². The number of carbonyl (C=O) groups is 2. The van der Waals surface area contributed by atoms with Crippen LogP contribution in [-0.4, -0.2) is 48.6 Å². The van der Waals surface area contributed by atoms with Crippen molar-refractivity contribution in [1.82, 2.24) is 4.90 Å². The molecule has 2 aromatic rings. The lowest BCUT2D eigenvalue weighted by atomic mass is 10.1. The van der Waals surface area contributed by atoms with Gasteiger partial charge in [-0.05, 0) is 37.1 Å². The van der Waals surface area contributed by atoms with Crippen LogP contribution in [0.5, 0.6) is 11.5 Å². The van der Waals surface area contributed by atoms with Gasteiger partial charge in [0.15, 0.2) is 0 Å². The molecule has 0 bridgehead atoms. The fourth-order valence-electron chi connectivity index (χ4n) is 3.41. The van der Waals surface area contributed by atoms with Gasteiger partial charge in [-0.25, -0.2) is 0 Å². The molecule has 1 aliphatic rings. The Hall–Kier alpha value is -3.00. The number of aliphatic hydroxyl groups is 1. The van der Waals surface area contributed by atoms with Gasteiger partial charge in [0.05, 0.1) is 26.2 Å². The van der Waals surface area contributed by atoms with Gasteiger partial charge in [0.25, 0.3) is 0 Å². The van der Waals surface area contributed by atoms with Gasteiger partial charge >= 0.3 is 11.8 Å². The molecule has 2 N–H and O–H groups in total. The van der Waals surface area contributed by atoms with E-state index in [9.17, 15) is 14.7 Å². The zero-order valence-electron chi connectivity index (χ0n) is 15.9. The smallest absolute Gasteiger partial charge is 0.314 e. The highest BCUT2D eigenvalue weighted by Gasteiger charge is 2.34. The topological polar surface area (TPSA) is 101 Å². The summed E-state index contributed by atoms with van der Waals surface area (Å²) in [6.07, 6.45) is 2.49. The van der Waals surface area contributed by atoms with Gasteiger partial charge in [0.2, 0.25) is 0 Å². The van der Waals surface area contributed by atoms with E-state index in [4.69, 9.17) is 13.9 Å². The Labute approximate surface area is 163 Å². The lowest BCUT2D eigenvalue weighted by Crippen LogP contribution is -2.43. The fourth-order valence-corrected chi connectivity index (χ4v) is 3.41. The maximum Gasteiger partial charge on any atom is 0.314 e. The molecule has 0 radical (unpaired) electrons. The number of benzene rings is 1. The number of hydrogen-bond acceptors (Lipinski definition) is 6. The zero-order chi connectivity index (χ0) is 20.1. The zero-order valence-corrected chi connectivity index (χ0v) is 15.9. The Morgan fingerprint density at radius 3 is 2.82 bits per heavy atom. The summed E-state index contributed by atoms with van der Waals surface area (Å²) >= 11 is 0. The van der Waals surface area contributed by atoms with E-state index in [2.05, 4.69) is 5.32 Å². The lowest BCUT2D eigenvalue weighted by molar-refractivity contribution is -0.144. The fraction of sp³-hybridized carbons (Fsp3) is 0.400. The number of nitrogens with one attached hydrogen (secondary N) is 1. The summed E-state index contributed by atoms with van der Waals surface area (Å²) in [5.74, 6) is 0.0426. The van der Waals surface area contributed by atoms with E-state index in [0.717, 1.165) is 12.8 Å². The third-order valence-electron chi connectivity index (χ3n) is 4.86. The second-order valence-corrected chi connectivity index (χ2v) is 6.58. The summed E-state index contributed by atoms with van der Waals surface area (Å²) in [6, 6.07) is 8.07. The molecule has 8 nitrogen and oxygen atoms in total. The van der Waals surface area contributed by atoms with Crippen LogP contribution in [0.1, 0.15) is 31.1 Å². The maximum atomic E-state index is 12.7. The maximum absolute atomic E-state index is 12.7. The van der Waals surface area contributed by atoms with E-state index in [0.29, 0.717) is 35.9 Å². The first-order valence-corrected chi connectivity index (χ1v) is 9.09. The van der Waals surface area contributed by atoms with Crippen LogP contribution in [0.2, 0.25) is 0 Å². The predicted molar refractivity (Wildman–Crippen MR) is 101 cm³/mol. The van der Waals surface area contributed by atoms with E-state index in [-0.39, 0.29) is 6.04 Å². The molecule has 150 valence electrons. The molecule has 8 heteroatoms. The molecule has 1 fully saturated rings. The van der Waals surface area contributed by atoms with Crippen LogP contribution in [0.4, 0.5) is 5.69 Å². The van der Waals surface area contributed by atoms with E-state index in [1.54, 1.807) is 30.3 Å². The Morgan fingerprint density at radius 2 is 2.14 bits per heavy atom. The largest absolute Gasteiger partial charge is 0.497 e. The highest BCUT2D eigenvalue weighted by atomic mass is 16.5. The average molecular weight is 388 g/mol. The number of furan rings is 1. The van der Waals surface area contributed by atoms with Crippen molar-refractivity contribution >= 4 is 17.5 Å². The third kappa shape index (κ3) is 4.28. The molecule has 1 saturated heterocycles. The number of amides is 2. The van der Waals surface area contributed by atoms with Crippen molar-refractivity contribution in [2.45, 2.75) is 31.4 Å². The van der Waals surface area contributed by atoms with Crippen LogP contribution >= 0.6 is 0 Å². The van der Waals surface area contributed by atoms with Crippen LogP contribution in [0.15, 0.2) is 41.0 Å². The van der Waals surface area contributed by atoms with Gasteiger partial charge in [-0.2, -0.15) is 0 Å². The lowest BCUT2D eigenvalue weighted by Gasteiger charge is -2.25. The molecule has 2 heterocycles. The van der Waals surface area contributed by atoms with E-state index in [1.807, 2.05) is 0 Å². The number of likely N-dealkylation sites (tertiary alicyclic amines) is 1. The summed E-state index contributed by atoms with van der Waals surface area (Å²) in [5, 5.41) is 12.9. The standard InChI is InChI=1S/C20H24N2O6/c1-26-14-7-8-15(18(12-14)27-2)21-19(24)20(25)22-9-3-5-13(22)11-16(23)17-6-4-10-28-17/h4,6-8,10,12-13,16,23H,3,5,9,11H2,1-2H3,(H,21,24)/t13-,16+/m0/s1. The molecule has 0 unspecified atom stereocenters. The van der Waals surface area contributed by atoms with Crippen LogP contribution in [0.3, 0.4) is 0 Å². The number of ether oxygens (including phenoxy) is 2. The summed E-state index contributed by atoms with van der Waals surface area (Å²) < 4.78 is 15.6. The van der Waals surface area contributed by atoms with Crippen molar-refractivity contribution in [2.75, 3.05) is 26.1 Å². The monoisotopic (exact) mass is 388 g/mol. The van der Waals surface area contributed by atoms with Crippen molar-refractivity contribution in [3.63, 3.8) is 0 Å². The normalized spacial score (nSPS) is 17.2. The molecule has 1 aromatic heterocycles. The van der Waals surface area contributed by atoms with Crippen molar-refractivity contribution in [2.24, 2.45) is 0 Å². The number of methoxy groups -OCH3 is 2. The molecule has 1 aromatic carbocycles. The first-order valence-electron chi connectivity index (χ1n) is 9.09. The quantitative estimate of drug-likeness (QED) is 0.737. The van der Waals surface area contributed by atoms with Crippen LogP contribution < -0.4 is 14.8 Å². The Kier molecular flexibility index (Phi) is 6.20. The Bertz CT molecular complexity index is 820.